The van der Waals surface area contributed by atoms with E-state index in [9.17, 15) is 10.1 Å². The van der Waals surface area contributed by atoms with Gasteiger partial charge in [0, 0.05) is 35.0 Å². The lowest BCUT2D eigenvalue weighted by Crippen LogP contribution is -2.55. The average molecular weight is 653 g/mol. The smallest absolute Gasteiger partial charge is 0.416 e. The van der Waals surface area contributed by atoms with Crippen molar-refractivity contribution in [1.82, 2.24) is 14.5 Å². The zero-order valence-corrected chi connectivity index (χ0v) is 27.8. The number of ether oxygens (including phenoxy) is 1. The summed E-state index contributed by atoms with van der Waals surface area (Å²) < 4.78 is 72.5. The molecule has 0 spiro atoms. The first kappa shape index (κ1) is 33.3. The van der Waals surface area contributed by atoms with Crippen molar-refractivity contribution >= 4 is 19.2 Å². The van der Waals surface area contributed by atoms with Gasteiger partial charge in [-0.2, -0.15) is 18.4 Å². The summed E-state index contributed by atoms with van der Waals surface area (Å²) in [6, 6.07) is 12.5. The maximum absolute atomic E-state index is 15.0. The largest absolute Gasteiger partial charge is 0.494 e. The molecule has 2 aromatic heterocycles. The molecular weight excluding hydrogens is 616 g/mol. The summed E-state index contributed by atoms with van der Waals surface area (Å²) in [5, 5.41) is 9.40. The number of aromatic nitrogens is 3. The van der Waals surface area contributed by atoms with Gasteiger partial charge in [0.15, 0.2) is 25.5 Å². The highest BCUT2D eigenvalue weighted by Crippen LogP contribution is 2.54. The Morgan fingerprint density at radius 2 is 1.83 bits per heavy atom. The number of methoxy groups -OCH3 is 1. The molecule has 1 aliphatic rings. The third-order valence-electron chi connectivity index (χ3n) is 9.36. The monoisotopic (exact) mass is 652 g/mol. The van der Waals surface area contributed by atoms with Crippen molar-refractivity contribution in [2.45, 2.75) is 82.8 Å². The summed E-state index contributed by atoms with van der Waals surface area (Å²) >= 11 is 0. The number of hydrogen-bond donors (Lipinski definition) is 0. The fraction of sp³-hybridized carbons (Fsp3) is 0.412. The quantitative estimate of drug-likeness (QED) is 0.154. The van der Waals surface area contributed by atoms with Crippen molar-refractivity contribution < 1.29 is 26.7 Å². The summed E-state index contributed by atoms with van der Waals surface area (Å²) in [6.45, 7) is 11.0. The predicted octanol–water partition coefficient (Wildman–Crippen LogP) is 8.37. The summed E-state index contributed by atoms with van der Waals surface area (Å²) in [6.07, 6.45) is -3.85. The lowest BCUT2D eigenvalue weighted by atomic mass is 9.97. The van der Waals surface area contributed by atoms with Gasteiger partial charge < -0.3 is 9.16 Å². The lowest BCUT2D eigenvalue weighted by Gasteiger charge is -2.45. The van der Waals surface area contributed by atoms with E-state index < -0.39 is 48.8 Å². The molecule has 0 amide bonds. The summed E-state index contributed by atoms with van der Waals surface area (Å²) in [5.41, 5.74) is -0.856. The topological polar surface area (TPSA) is 90.0 Å². The molecule has 0 N–H and O–H groups in total. The number of fused-ring (bicyclic) bond motifs is 1. The van der Waals surface area contributed by atoms with E-state index in [0.29, 0.717) is 11.1 Å². The number of halogens is 4. The molecule has 0 saturated heterocycles. The number of nitriles is 1. The third kappa shape index (κ3) is 5.82. The Morgan fingerprint density at radius 1 is 1.11 bits per heavy atom. The standard InChI is InChI=1S/C34H36F4N4O3Si/c1-20-8-9-23(19-40-20)25-14-21(18-39)15-26-29(25)41-30(42(31(26)43)24-10-11-28(44-5)27(35)16-24)22-12-13-33(17-22,34(36,37)38)45-46(6,7)32(2,3)4/h8-11,14-16,19,22H,12-13,17H2,1-7H3/t22-,33+/m0/s1. The van der Waals surface area contributed by atoms with Gasteiger partial charge in [0.25, 0.3) is 5.56 Å². The van der Waals surface area contributed by atoms with Crippen molar-refractivity contribution in [2.75, 3.05) is 7.11 Å². The fourth-order valence-corrected chi connectivity index (χ4v) is 7.40. The van der Waals surface area contributed by atoms with E-state index in [2.05, 4.69) is 11.1 Å². The van der Waals surface area contributed by atoms with E-state index >= 15 is 17.6 Å². The Bertz CT molecular complexity index is 1910. The Labute approximate surface area is 266 Å². The van der Waals surface area contributed by atoms with Gasteiger partial charge >= 0.3 is 6.18 Å². The van der Waals surface area contributed by atoms with Gasteiger partial charge in [0.1, 0.15) is 5.82 Å². The highest BCUT2D eigenvalue weighted by atomic mass is 28.4. The number of rotatable bonds is 6. The molecule has 1 fully saturated rings. The first-order valence-electron chi connectivity index (χ1n) is 15.0. The van der Waals surface area contributed by atoms with Crippen LogP contribution in [0.2, 0.25) is 18.1 Å². The van der Waals surface area contributed by atoms with Crippen molar-refractivity contribution in [2.24, 2.45) is 0 Å². The maximum Gasteiger partial charge on any atom is 0.416 e. The summed E-state index contributed by atoms with van der Waals surface area (Å²) in [7, 11) is -1.61. The van der Waals surface area contributed by atoms with Crippen LogP contribution < -0.4 is 10.3 Å². The minimum absolute atomic E-state index is 0.0302. The lowest BCUT2D eigenvalue weighted by molar-refractivity contribution is -0.250. The highest BCUT2D eigenvalue weighted by Gasteiger charge is 2.62. The molecule has 0 radical (unpaired) electrons. The van der Waals surface area contributed by atoms with Gasteiger partial charge in [-0.05, 0) is 74.7 Å². The number of aryl methyl sites for hydroxylation is 1. The van der Waals surface area contributed by atoms with Crippen LogP contribution in [0.5, 0.6) is 5.75 Å². The zero-order valence-electron chi connectivity index (χ0n) is 26.8. The van der Waals surface area contributed by atoms with Crippen LogP contribution in [0.3, 0.4) is 0 Å². The molecule has 46 heavy (non-hydrogen) atoms. The second-order valence-corrected chi connectivity index (χ2v) is 18.2. The van der Waals surface area contributed by atoms with Crippen molar-refractivity contribution in [3.63, 3.8) is 0 Å². The van der Waals surface area contributed by atoms with Gasteiger partial charge in [-0.15, -0.1) is 0 Å². The fourth-order valence-electron chi connectivity index (χ4n) is 5.82. The van der Waals surface area contributed by atoms with Gasteiger partial charge in [-0.25, -0.2) is 9.37 Å². The van der Waals surface area contributed by atoms with Crippen LogP contribution in [-0.4, -0.2) is 41.7 Å². The van der Waals surface area contributed by atoms with Crippen molar-refractivity contribution in [3.8, 4) is 28.6 Å². The molecule has 4 aromatic rings. The molecule has 5 rings (SSSR count). The van der Waals surface area contributed by atoms with Crippen molar-refractivity contribution in [1.29, 1.82) is 5.26 Å². The van der Waals surface area contributed by atoms with E-state index in [0.717, 1.165) is 16.3 Å². The van der Waals surface area contributed by atoms with E-state index in [4.69, 9.17) is 14.1 Å². The molecule has 0 bridgehead atoms. The zero-order chi connectivity index (χ0) is 33.8. The van der Waals surface area contributed by atoms with E-state index in [1.807, 2.05) is 27.7 Å². The van der Waals surface area contributed by atoms with Gasteiger partial charge in [-0.3, -0.25) is 14.3 Å². The van der Waals surface area contributed by atoms with Crippen LogP contribution in [0.25, 0.3) is 27.7 Å². The highest BCUT2D eigenvalue weighted by molar-refractivity contribution is 6.74. The minimum atomic E-state index is -4.69. The Morgan fingerprint density at radius 3 is 2.39 bits per heavy atom. The number of alkyl halides is 3. The molecule has 2 atom stereocenters. The SMILES string of the molecule is COc1ccc(-n2c([C@H]3CC[C@](O[Si](C)(C)C(C)(C)C)(C(F)(F)F)C3)nc3c(-c4ccc(C)nc4)cc(C#N)cc3c2=O)cc1F. The normalized spacial score (nSPS) is 19.0. The first-order valence-corrected chi connectivity index (χ1v) is 17.9. The number of hydrogen-bond acceptors (Lipinski definition) is 6. The van der Waals surface area contributed by atoms with Crippen molar-refractivity contribution in [3.05, 3.63) is 81.9 Å². The Balaban J connectivity index is 1.79. The summed E-state index contributed by atoms with van der Waals surface area (Å²) in [4.78, 5) is 23.6. The second-order valence-electron chi connectivity index (χ2n) is 13.4. The Kier molecular flexibility index (Phi) is 8.41. The predicted molar refractivity (Wildman–Crippen MR) is 170 cm³/mol. The molecule has 12 heteroatoms. The molecule has 7 nitrogen and oxygen atoms in total. The van der Waals surface area contributed by atoms with Gasteiger partial charge in [0.05, 0.1) is 35.3 Å². The molecule has 1 aliphatic carbocycles. The van der Waals surface area contributed by atoms with E-state index in [-0.39, 0.29) is 46.6 Å². The average Bonchev–Trinajstić information content (AvgIpc) is 3.41. The maximum atomic E-state index is 15.0. The first-order chi connectivity index (χ1) is 21.4. The van der Waals surface area contributed by atoms with E-state index in [1.165, 1.54) is 25.3 Å². The van der Waals surface area contributed by atoms with Crippen LogP contribution in [0.4, 0.5) is 17.6 Å². The molecule has 2 heterocycles. The number of nitrogens with zero attached hydrogens (tertiary/aromatic N) is 4. The van der Waals surface area contributed by atoms with Gasteiger partial charge in [-0.1, -0.05) is 26.8 Å². The van der Waals surface area contributed by atoms with Crippen LogP contribution in [0, 0.1) is 24.1 Å². The summed E-state index contributed by atoms with van der Waals surface area (Å²) in [5.74, 6) is -1.63. The molecule has 1 saturated carbocycles. The number of benzene rings is 2. The molecule has 2 aromatic carbocycles. The molecule has 0 unspecified atom stereocenters. The van der Waals surface area contributed by atoms with Crippen LogP contribution in [0.1, 0.15) is 63.0 Å². The number of pyridine rings is 1. The molecule has 242 valence electrons. The minimum Gasteiger partial charge on any atom is -0.494 e. The third-order valence-corrected chi connectivity index (χ3v) is 13.9. The second kappa shape index (κ2) is 11.6. The Hall–Kier alpha value is -4.08. The van der Waals surface area contributed by atoms with Crippen LogP contribution in [0.15, 0.2) is 53.5 Å². The van der Waals surface area contributed by atoms with Gasteiger partial charge in [0.2, 0.25) is 0 Å². The molecule has 0 aliphatic heterocycles. The molecular formula is C34H36F4N4O3Si. The van der Waals surface area contributed by atoms with Crippen LogP contribution >= 0.6 is 0 Å². The van der Waals surface area contributed by atoms with Crippen LogP contribution in [-0.2, 0) is 4.43 Å². The van der Waals surface area contributed by atoms with E-state index in [1.54, 1.807) is 37.5 Å².